The predicted octanol–water partition coefficient (Wildman–Crippen LogP) is 3.73. The number of H-pyrrole nitrogens is 1. The first-order valence-electron chi connectivity index (χ1n) is 5.42. The van der Waals surface area contributed by atoms with Crippen LogP contribution >= 0.6 is 23.2 Å². The second-order valence-corrected chi connectivity index (χ2v) is 4.43. The Bertz CT molecular complexity index is 696. The van der Waals surface area contributed by atoms with Crippen LogP contribution in [-0.2, 0) is 0 Å². The number of rotatable bonds is 3. The lowest BCUT2D eigenvalue weighted by molar-refractivity contribution is 1.31. The topological polar surface area (TPSA) is 88.3 Å². The zero-order valence-electron chi connectivity index (χ0n) is 9.98. The van der Waals surface area contributed by atoms with Gasteiger partial charge in [0, 0.05) is 17.5 Å². The van der Waals surface area contributed by atoms with Crippen molar-refractivity contribution in [2.45, 2.75) is 0 Å². The molecule has 1 heterocycles. The molecule has 0 radical (unpaired) electrons. The van der Waals surface area contributed by atoms with Crippen LogP contribution in [0.5, 0.6) is 0 Å². The molecule has 0 aliphatic heterocycles. The van der Waals surface area contributed by atoms with E-state index in [0.717, 1.165) is 11.3 Å². The van der Waals surface area contributed by atoms with Gasteiger partial charge in [-0.25, -0.2) is 4.98 Å². The molecular weight excluding hydrogens is 297 g/mol. The van der Waals surface area contributed by atoms with E-state index in [-0.39, 0.29) is 10.7 Å². The normalized spacial score (nSPS) is 9.40. The molecule has 0 aliphatic rings. The third-order valence-electron chi connectivity index (χ3n) is 2.40. The van der Waals surface area contributed by atoms with Crippen LogP contribution in [0.1, 0.15) is 0 Å². The van der Waals surface area contributed by atoms with E-state index in [4.69, 9.17) is 33.7 Å². The zero-order chi connectivity index (χ0) is 14.5. The standard InChI is InChI=1S/C13H7Cl2N5/c14-11-12(15)20-13(19-11)9-1-3-10(4-2-9)18-7-8(5-16)6-17/h1-4,7,18H,(H,19,20). The van der Waals surface area contributed by atoms with Crippen LogP contribution in [0.3, 0.4) is 0 Å². The number of nitrogens with one attached hydrogen (secondary N) is 2. The monoisotopic (exact) mass is 303 g/mol. The molecule has 0 fully saturated rings. The maximum absolute atomic E-state index is 8.61. The van der Waals surface area contributed by atoms with Crippen molar-refractivity contribution in [1.82, 2.24) is 9.97 Å². The van der Waals surface area contributed by atoms with Gasteiger partial charge in [0.1, 0.15) is 28.7 Å². The average molecular weight is 304 g/mol. The molecule has 0 spiro atoms. The van der Waals surface area contributed by atoms with E-state index in [2.05, 4.69) is 15.3 Å². The molecule has 2 aromatic rings. The SMILES string of the molecule is N#CC(C#N)=CNc1ccc(-c2nc(Cl)c(Cl)[nH]2)cc1. The molecule has 5 nitrogen and oxygen atoms in total. The Morgan fingerprint density at radius 2 is 1.85 bits per heavy atom. The van der Waals surface area contributed by atoms with Gasteiger partial charge >= 0.3 is 0 Å². The van der Waals surface area contributed by atoms with E-state index in [9.17, 15) is 0 Å². The lowest BCUT2D eigenvalue weighted by Gasteiger charge is -2.02. The number of anilines is 1. The van der Waals surface area contributed by atoms with Gasteiger partial charge in [-0.2, -0.15) is 10.5 Å². The molecule has 20 heavy (non-hydrogen) atoms. The number of hydrogen-bond acceptors (Lipinski definition) is 4. The highest BCUT2D eigenvalue weighted by Gasteiger charge is 2.07. The fourth-order valence-corrected chi connectivity index (χ4v) is 1.70. The first-order valence-corrected chi connectivity index (χ1v) is 6.18. The lowest BCUT2D eigenvalue weighted by atomic mass is 10.2. The van der Waals surface area contributed by atoms with Gasteiger partial charge in [0.25, 0.3) is 0 Å². The van der Waals surface area contributed by atoms with Crippen LogP contribution in [0.4, 0.5) is 5.69 Å². The zero-order valence-corrected chi connectivity index (χ0v) is 11.5. The predicted molar refractivity (Wildman–Crippen MR) is 77.0 cm³/mol. The molecular formula is C13H7Cl2N5. The van der Waals surface area contributed by atoms with Gasteiger partial charge in [-0.15, -0.1) is 0 Å². The summed E-state index contributed by atoms with van der Waals surface area (Å²) in [6.45, 7) is 0. The molecule has 7 heteroatoms. The van der Waals surface area contributed by atoms with E-state index < -0.39 is 0 Å². The average Bonchev–Trinajstić information content (AvgIpc) is 2.80. The molecule has 0 saturated carbocycles. The summed E-state index contributed by atoms with van der Waals surface area (Å²) in [7, 11) is 0. The summed E-state index contributed by atoms with van der Waals surface area (Å²) >= 11 is 11.6. The number of allylic oxidation sites excluding steroid dienone is 1. The second kappa shape index (κ2) is 6.12. The van der Waals surface area contributed by atoms with Crippen molar-refractivity contribution in [3.63, 3.8) is 0 Å². The molecule has 0 unspecified atom stereocenters. The number of nitriles is 2. The van der Waals surface area contributed by atoms with E-state index in [1.54, 1.807) is 36.4 Å². The number of hydrogen-bond donors (Lipinski definition) is 2. The Morgan fingerprint density at radius 3 is 2.35 bits per heavy atom. The molecule has 0 amide bonds. The Morgan fingerprint density at radius 1 is 1.20 bits per heavy atom. The molecule has 0 bridgehead atoms. The van der Waals surface area contributed by atoms with Gasteiger partial charge in [0.05, 0.1) is 0 Å². The summed E-state index contributed by atoms with van der Waals surface area (Å²) in [4.78, 5) is 6.92. The van der Waals surface area contributed by atoms with Crippen molar-refractivity contribution in [3.8, 4) is 23.5 Å². The lowest BCUT2D eigenvalue weighted by Crippen LogP contribution is -1.90. The summed E-state index contributed by atoms with van der Waals surface area (Å²) in [6, 6.07) is 10.7. The number of aromatic nitrogens is 2. The molecule has 2 rings (SSSR count). The Kier molecular flexibility index (Phi) is 4.27. The van der Waals surface area contributed by atoms with Crippen molar-refractivity contribution in [2.24, 2.45) is 0 Å². The first-order chi connectivity index (χ1) is 9.63. The van der Waals surface area contributed by atoms with Crippen LogP contribution in [-0.4, -0.2) is 9.97 Å². The number of nitrogens with zero attached hydrogens (tertiary/aromatic N) is 3. The van der Waals surface area contributed by atoms with E-state index >= 15 is 0 Å². The Labute approximate surface area is 125 Å². The third-order valence-corrected chi connectivity index (χ3v) is 3.05. The molecule has 2 N–H and O–H groups in total. The fourth-order valence-electron chi connectivity index (χ4n) is 1.44. The molecule has 98 valence electrons. The summed E-state index contributed by atoms with van der Waals surface area (Å²) in [5.41, 5.74) is 1.55. The number of halogens is 2. The van der Waals surface area contributed by atoms with Crippen molar-refractivity contribution in [3.05, 3.63) is 46.3 Å². The number of benzene rings is 1. The van der Waals surface area contributed by atoms with E-state index in [1.165, 1.54) is 6.20 Å². The largest absolute Gasteiger partial charge is 0.360 e. The smallest absolute Gasteiger partial charge is 0.166 e. The third kappa shape index (κ3) is 3.10. The fraction of sp³-hybridized carbons (Fsp3) is 0. The van der Waals surface area contributed by atoms with Crippen LogP contribution in [0, 0.1) is 22.7 Å². The van der Waals surface area contributed by atoms with E-state index in [1.807, 2.05) is 0 Å². The molecule has 0 aliphatic carbocycles. The summed E-state index contributed by atoms with van der Waals surface area (Å²) in [6.07, 6.45) is 1.34. The van der Waals surface area contributed by atoms with Gasteiger partial charge in [-0.1, -0.05) is 23.2 Å². The summed E-state index contributed by atoms with van der Waals surface area (Å²) < 4.78 is 0. The minimum Gasteiger partial charge on any atom is -0.360 e. The maximum Gasteiger partial charge on any atom is 0.166 e. The van der Waals surface area contributed by atoms with Crippen LogP contribution in [0.2, 0.25) is 10.3 Å². The minimum atomic E-state index is -0.00123. The van der Waals surface area contributed by atoms with Crippen molar-refractivity contribution < 1.29 is 0 Å². The van der Waals surface area contributed by atoms with Gasteiger partial charge in [0.15, 0.2) is 5.15 Å². The van der Waals surface area contributed by atoms with Gasteiger partial charge < -0.3 is 10.3 Å². The van der Waals surface area contributed by atoms with Gasteiger partial charge in [-0.05, 0) is 24.3 Å². The van der Waals surface area contributed by atoms with Crippen LogP contribution in [0.15, 0.2) is 36.0 Å². The highest BCUT2D eigenvalue weighted by atomic mass is 35.5. The number of aromatic amines is 1. The molecule has 0 saturated heterocycles. The number of imidazole rings is 1. The van der Waals surface area contributed by atoms with E-state index in [0.29, 0.717) is 11.0 Å². The minimum absolute atomic E-state index is 0.00123. The second-order valence-electron chi connectivity index (χ2n) is 3.69. The summed E-state index contributed by atoms with van der Waals surface area (Å²) in [5.74, 6) is 0.567. The highest BCUT2D eigenvalue weighted by molar-refractivity contribution is 6.40. The van der Waals surface area contributed by atoms with Crippen molar-refractivity contribution in [2.75, 3.05) is 5.32 Å². The first kappa shape index (κ1) is 14.0. The van der Waals surface area contributed by atoms with Gasteiger partial charge in [0.2, 0.25) is 0 Å². The van der Waals surface area contributed by atoms with Crippen LogP contribution < -0.4 is 5.32 Å². The van der Waals surface area contributed by atoms with Crippen molar-refractivity contribution >= 4 is 28.9 Å². The molecule has 1 aromatic heterocycles. The maximum atomic E-state index is 8.61. The Balaban J connectivity index is 2.17. The molecule has 1 aromatic carbocycles. The highest BCUT2D eigenvalue weighted by Crippen LogP contribution is 2.25. The molecule has 0 atom stereocenters. The van der Waals surface area contributed by atoms with Crippen LogP contribution in [0.25, 0.3) is 11.4 Å². The Hall–Kier alpha value is -2.47. The summed E-state index contributed by atoms with van der Waals surface area (Å²) in [5, 5.41) is 20.6. The van der Waals surface area contributed by atoms with Gasteiger partial charge in [-0.3, -0.25) is 0 Å². The quantitative estimate of drug-likeness (QED) is 0.846. The van der Waals surface area contributed by atoms with Crippen molar-refractivity contribution in [1.29, 1.82) is 10.5 Å².